The van der Waals surface area contributed by atoms with Gasteiger partial charge in [-0.05, 0) is 30.2 Å². The molecule has 126 valence electrons. The van der Waals surface area contributed by atoms with Gasteiger partial charge in [-0.2, -0.15) is 0 Å². The molecule has 0 fully saturated rings. The van der Waals surface area contributed by atoms with Crippen molar-refractivity contribution in [3.05, 3.63) is 59.7 Å². The average molecular weight is 328 g/mol. The second kappa shape index (κ2) is 8.72. The highest BCUT2D eigenvalue weighted by Gasteiger charge is 2.16. The van der Waals surface area contributed by atoms with Gasteiger partial charge < -0.3 is 14.2 Å². The summed E-state index contributed by atoms with van der Waals surface area (Å²) in [6.45, 7) is -0.322. The molecule has 0 aromatic heterocycles. The maximum absolute atomic E-state index is 12.3. The van der Waals surface area contributed by atoms with Crippen molar-refractivity contribution < 1.29 is 23.8 Å². The fourth-order valence-corrected chi connectivity index (χ4v) is 2.22. The number of rotatable bonds is 8. The summed E-state index contributed by atoms with van der Waals surface area (Å²) in [6.07, 6.45) is 0.808. The van der Waals surface area contributed by atoms with E-state index in [9.17, 15) is 9.59 Å². The third kappa shape index (κ3) is 4.84. The summed E-state index contributed by atoms with van der Waals surface area (Å²) in [4.78, 5) is 24.1. The molecule has 0 saturated carbocycles. The van der Waals surface area contributed by atoms with Crippen LogP contribution in [0.3, 0.4) is 0 Å². The molecular weight excluding hydrogens is 308 g/mol. The topological polar surface area (TPSA) is 61.8 Å². The Morgan fingerprint density at radius 1 is 0.958 bits per heavy atom. The zero-order valence-electron chi connectivity index (χ0n) is 13.8. The number of methoxy groups -OCH3 is 2. The molecular formula is C19H20O5. The highest BCUT2D eigenvalue weighted by molar-refractivity contribution is 6.00. The van der Waals surface area contributed by atoms with Crippen LogP contribution in [-0.4, -0.2) is 32.6 Å². The van der Waals surface area contributed by atoms with Crippen molar-refractivity contribution in [2.45, 2.75) is 12.8 Å². The van der Waals surface area contributed by atoms with Gasteiger partial charge in [0.1, 0.15) is 11.5 Å². The van der Waals surface area contributed by atoms with E-state index in [4.69, 9.17) is 14.2 Å². The highest BCUT2D eigenvalue weighted by Crippen LogP contribution is 2.24. The lowest BCUT2D eigenvalue weighted by Gasteiger charge is -2.10. The van der Waals surface area contributed by atoms with Gasteiger partial charge in [0.25, 0.3) is 0 Å². The minimum absolute atomic E-state index is 0.229. The number of carbonyl (C=O) groups is 2. The van der Waals surface area contributed by atoms with Crippen molar-refractivity contribution in [3.8, 4) is 11.5 Å². The fourth-order valence-electron chi connectivity index (χ4n) is 2.22. The lowest BCUT2D eigenvalue weighted by atomic mass is 10.1. The summed E-state index contributed by atoms with van der Waals surface area (Å²) < 4.78 is 15.3. The molecule has 0 saturated heterocycles. The number of aryl methyl sites for hydroxylation is 1. The molecule has 5 heteroatoms. The highest BCUT2D eigenvalue weighted by atomic mass is 16.5. The number of hydrogen-bond donors (Lipinski definition) is 0. The van der Waals surface area contributed by atoms with E-state index in [2.05, 4.69) is 0 Å². The Hall–Kier alpha value is -2.82. The Balaban J connectivity index is 1.89. The standard InChI is InChI=1S/C19H20O5/c1-22-15-9-10-18(23-2)16(12-15)17(20)13-24-19(21)11-8-14-6-4-3-5-7-14/h3-7,9-10,12H,8,11,13H2,1-2H3. The first kappa shape index (κ1) is 17.5. The van der Waals surface area contributed by atoms with Crippen LogP contribution in [0.1, 0.15) is 22.3 Å². The first-order chi connectivity index (χ1) is 11.6. The predicted octanol–water partition coefficient (Wildman–Crippen LogP) is 3.06. The first-order valence-corrected chi connectivity index (χ1v) is 7.59. The van der Waals surface area contributed by atoms with Crippen LogP contribution < -0.4 is 9.47 Å². The van der Waals surface area contributed by atoms with E-state index in [1.54, 1.807) is 18.2 Å². The molecule has 0 N–H and O–H groups in total. The smallest absolute Gasteiger partial charge is 0.306 e. The molecule has 0 spiro atoms. The largest absolute Gasteiger partial charge is 0.497 e. The SMILES string of the molecule is COc1ccc(OC)c(C(=O)COC(=O)CCc2ccccc2)c1. The minimum Gasteiger partial charge on any atom is -0.497 e. The molecule has 0 bridgehead atoms. The molecule has 0 radical (unpaired) electrons. The lowest BCUT2D eigenvalue weighted by molar-refractivity contribution is -0.142. The predicted molar refractivity (Wildman–Crippen MR) is 89.6 cm³/mol. The van der Waals surface area contributed by atoms with Crippen LogP contribution in [0.25, 0.3) is 0 Å². The van der Waals surface area contributed by atoms with Gasteiger partial charge in [-0.25, -0.2) is 0 Å². The van der Waals surface area contributed by atoms with Gasteiger partial charge in [-0.1, -0.05) is 30.3 Å². The van der Waals surface area contributed by atoms with Gasteiger partial charge in [0.05, 0.1) is 19.8 Å². The summed E-state index contributed by atoms with van der Waals surface area (Å²) in [7, 11) is 2.99. The van der Waals surface area contributed by atoms with Crippen LogP contribution >= 0.6 is 0 Å². The number of esters is 1. The van der Waals surface area contributed by atoms with E-state index in [0.717, 1.165) is 5.56 Å². The Morgan fingerprint density at radius 3 is 2.38 bits per heavy atom. The van der Waals surface area contributed by atoms with Crippen LogP contribution in [0, 0.1) is 0 Å². The van der Waals surface area contributed by atoms with Gasteiger partial charge in [0, 0.05) is 6.42 Å². The Labute approximate surface area is 141 Å². The van der Waals surface area contributed by atoms with E-state index in [0.29, 0.717) is 23.5 Å². The molecule has 5 nitrogen and oxygen atoms in total. The van der Waals surface area contributed by atoms with Gasteiger partial charge in [0.15, 0.2) is 6.61 Å². The van der Waals surface area contributed by atoms with Crippen molar-refractivity contribution in [2.75, 3.05) is 20.8 Å². The third-order valence-corrected chi connectivity index (χ3v) is 3.53. The quantitative estimate of drug-likeness (QED) is 0.550. The van der Waals surface area contributed by atoms with Crippen molar-refractivity contribution in [1.82, 2.24) is 0 Å². The first-order valence-electron chi connectivity index (χ1n) is 7.59. The zero-order chi connectivity index (χ0) is 17.4. The molecule has 0 aliphatic heterocycles. The minimum atomic E-state index is -0.408. The van der Waals surface area contributed by atoms with Crippen LogP contribution in [0.4, 0.5) is 0 Å². The normalized spacial score (nSPS) is 10.1. The van der Waals surface area contributed by atoms with Crippen molar-refractivity contribution >= 4 is 11.8 Å². The van der Waals surface area contributed by atoms with E-state index in [1.165, 1.54) is 14.2 Å². The molecule has 24 heavy (non-hydrogen) atoms. The zero-order valence-corrected chi connectivity index (χ0v) is 13.8. The molecule has 0 unspecified atom stereocenters. The summed E-state index contributed by atoms with van der Waals surface area (Å²) in [5.74, 6) is 0.212. The number of Topliss-reactive ketones (excluding diaryl/α,β-unsaturated/α-hetero) is 1. The van der Waals surface area contributed by atoms with E-state index in [-0.39, 0.29) is 18.8 Å². The van der Waals surface area contributed by atoms with Gasteiger partial charge in [0.2, 0.25) is 5.78 Å². The van der Waals surface area contributed by atoms with E-state index < -0.39 is 5.97 Å². The molecule has 2 rings (SSSR count). The Morgan fingerprint density at radius 2 is 1.71 bits per heavy atom. The third-order valence-electron chi connectivity index (χ3n) is 3.53. The summed E-state index contributed by atoms with van der Waals surface area (Å²) >= 11 is 0. The molecule has 0 aliphatic carbocycles. The number of benzene rings is 2. The maximum Gasteiger partial charge on any atom is 0.306 e. The number of ketones is 1. The molecule has 0 heterocycles. The van der Waals surface area contributed by atoms with Crippen LogP contribution in [0.15, 0.2) is 48.5 Å². The van der Waals surface area contributed by atoms with Crippen molar-refractivity contribution in [2.24, 2.45) is 0 Å². The van der Waals surface area contributed by atoms with Gasteiger partial charge >= 0.3 is 5.97 Å². The second-order valence-electron chi connectivity index (χ2n) is 5.14. The maximum atomic E-state index is 12.3. The summed E-state index contributed by atoms with van der Waals surface area (Å²) in [5, 5.41) is 0. The average Bonchev–Trinajstić information content (AvgIpc) is 2.64. The second-order valence-corrected chi connectivity index (χ2v) is 5.14. The van der Waals surface area contributed by atoms with Crippen LogP contribution in [-0.2, 0) is 16.0 Å². The fraction of sp³-hybridized carbons (Fsp3) is 0.263. The molecule has 0 amide bonds. The van der Waals surface area contributed by atoms with Gasteiger partial charge in [-0.15, -0.1) is 0 Å². The van der Waals surface area contributed by atoms with Crippen molar-refractivity contribution in [1.29, 1.82) is 0 Å². The lowest BCUT2D eigenvalue weighted by Crippen LogP contribution is -2.15. The number of carbonyl (C=O) groups excluding carboxylic acids is 2. The number of hydrogen-bond acceptors (Lipinski definition) is 5. The van der Waals surface area contributed by atoms with E-state index >= 15 is 0 Å². The van der Waals surface area contributed by atoms with Gasteiger partial charge in [-0.3, -0.25) is 9.59 Å². The Kier molecular flexibility index (Phi) is 6.37. The molecule has 2 aromatic rings. The monoisotopic (exact) mass is 328 g/mol. The molecule has 0 aliphatic rings. The van der Waals surface area contributed by atoms with Crippen molar-refractivity contribution in [3.63, 3.8) is 0 Å². The summed E-state index contributed by atoms with van der Waals surface area (Å²) in [5.41, 5.74) is 1.38. The van der Waals surface area contributed by atoms with E-state index in [1.807, 2.05) is 30.3 Å². The Bertz CT molecular complexity index is 694. The van der Waals surface area contributed by atoms with Crippen LogP contribution in [0.5, 0.6) is 11.5 Å². The molecule has 0 atom stereocenters. The summed E-state index contributed by atoms with van der Waals surface area (Å²) in [6, 6.07) is 14.5. The molecule has 2 aromatic carbocycles. The number of ether oxygens (including phenoxy) is 3. The van der Waals surface area contributed by atoms with Crippen LogP contribution in [0.2, 0.25) is 0 Å².